The van der Waals surface area contributed by atoms with Crippen LogP contribution in [0.5, 0.6) is 5.75 Å². The van der Waals surface area contributed by atoms with E-state index in [0.717, 1.165) is 0 Å². The maximum atomic E-state index is 11.5. The van der Waals surface area contributed by atoms with Crippen LogP contribution in [0.15, 0.2) is 24.3 Å². The van der Waals surface area contributed by atoms with Gasteiger partial charge in [0.25, 0.3) is 0 Å². The Hall–Kier alpha value is -1.35. The summed E-state index contributed by atoms with van der Waals surface area (Å²) in [5, 5.41) is 8.86. The van der Waals surface area contributed by atoms with Crippen molar-refractivity contribution in [2.24, 2.45) is 0 Å². The van der Waals surface area contributed by atoms with Gasteiger partial charge in [-0.05, 0) is 12.1 Å². The Bertz CT molecular complexity index is 333. The van der Waals surface area contributed by atoms with E-state index in [4.69, 9.17) is 9.84 Å². The van der Waals surface area contributed by atoms with Gasteiger partial charge in [0.1, 0.15) is 11.9 Å². The zero-order valence-electron chi connectivity index (χ0n) is 7.06. The molecule has 1 aromatic rings. The van der Waals surface area contributed by atoms with Crippen molar-refractivity contribution in [1.29, 1.82) is 0 Å². The van der Waals surface area contributed by atoms with Crippen LogP contribution < -0.4 is 4.74 Å². The summed E-state index contributed by atoms with van der Waals surface area (Å²) in [6.07, 6.45) is -0.101. The van der Waals surface area contributed by atoms with Gasteiger partial charge in [-0.15, -0.1) is 0 Å². The Kier molecular flexibility index (Phi) is 2.02. The number of ether oxygens (including phenoxy) is 1. The monoisotopic (exact) mass is 178 g/mol. The van der Waals surface area contributed by atoms with Crippen molar-refractivity contribution in [3.05, 3.63) is 29.8 Å². The van der Waals surface area contributed by atoms with Gasteiger partial charge in [-0.25, -0.2) is 0 Å². The molecule has 0 aromatic heterocycles. The van der Waals surface area contributed by atoms with Crippen LogP contribution in [-0.2, 0) is 0 Å². The third-order valence-electron chi connectivity index (χ3n) is 2.10. The summed E-state index contributed by atoms with van der Waals surface area (Å²) in [4.78, 5) is 11.5. The van der Waals surface area contributed by atoms with Gasteiger partial charge in [0.15, 0.2) is 5.78 Å². The van der Waals surface area contributed by atoms with Gasteiger partial charge in [0, 0.05) is 0 Å². The molecule has 3 nitrogen and oxygen atoms in total. The molecule has 0 spiro atoms. The summed E-state index contributed by atoms with van der Waals surface area (Å²) >= 11 is 0. The van der Waals surface area contributed by atoms with Crippen LogP contribution >= 0.6 is 0 Å². The van der Waals surface area contributed by atoms with Gasteiger partial charge in [0.05, 0.1) is 18.6 Å². The van der Waals surface area contributed by atoms with Gasteiger partial charge in [0.2, 0.25) is 0 Å². The van der Waals surface area contributed by atoms with E-state index in [9.17, 15) is 4.79 Å². The molecule has 3 heteroatoms. The van der Waals surface area contributed by atoms with E-state index >= 15 is 0 Å². The summed E-state index contributed by atoms with van der Waals surface area (Å²) in [6, 6.07) is 7.10. The summed E-state index contributed by atoms with van der Waals surface area (Å²) in [6.45, 7) is -0.111. The smallest absolute Gasteiger partial charge is 0.170 e. The number of aliphatic hydroxyl groups is 1. The quantitative estimate of drug-likeness (QED) is 0.698. The van der Waals surface area contributed by atoms with E-state index in [1.54, 1.807) is 18.2 Å². The molecule has 1 atom stereocenters. The second kappa shape index (κ2) is 3.18. The molecular weight excluding hydrogens is 168 g/mol. The second-order valence-corrected chi connectivity index (χ2v) is 3.05. The molecule has 0 bridgehead atoms. The van der Waals surface area contributed by atoms with Crippen molar-refractivity contribution in [2.45, 2.75) is 12.5 Å². The SMILES string of the molecule is O=C1CC(CO)Oc2ccccc21. The average Bonchev–Trinajstić information content (AvgIpc) is 2.18. The lowest BCUT2D eigenvalue weighted by Gasteiger charge is -2.23. The Balaban J connectivity index is 2.37. The highest BCUT2D eigenvalue weighted by molar-refractivity contribution is 5.99. The van der Waals surface area contributed by atoms with Crippen molar-refractivity contribution in [3.63, 3.8) is 0 Å². The predicted molar refractivity (Wildman–Crippen MR) is 46.9 cm³/mol. The molecule has 68 valence electrons. The molecule has 0 radical (unpaired) electrons. The zero-order chi connectivity index (χ0) is 9.26. The lowest BCUT2D eigenvalue weighted by atomic mass is 10.0. The lowest BCUT2D eigenvalue weighted by molar-refractivity contribution is 0.0704. The van der Waals surface area contributed by atoms with Crippen molar-refractivity contribution in [2.75, 3.05) is 6.61 Å². The lowest BCUT2D eigenvalue weighted by Crippen LogP contribution is -2.29. The first-order chi connectivity index (χ1) is 6.31. The molecule has 0 fully saturated rings. The molecule has 1 N–H and O–H groups in total. The third-order valence-corrected chi connectivity index (χ3v) is 2.10. The number of carbonyl (C=O) groups is 1. The summed E-state index contributed by atoms with van der Waals surface area (Å²) in [5.41, 5.74) is 0.618. The number of ketones is 1. The van der Waals surface area contributed by atoms with Crippen LogP contribution in [0.25, 0.3) is 0 Å². The standard InChI is InChI=1S/C10H10O3/c11-6-7-5-9(12)8-3-1-2-4-10(8)13-7/h1-4,7,11H,5-6H2. The van der Waals surface area contributed by atoms with Crippen LogP contribution in [0, 0.1) is 0 Å². The average molecular weight is 178 g/mol. The number of aliphatic hydroxyl groups excluding tert-OH is 1. The fraction of sp³-hybridized carbons (Fsp3) is 0.300. The first kappa shape index (κ1) is 8.26. The zero-order valence-corrected chi connectivity index (χ0v) is 7.06. The molecule has 0 saturated carbocycles. The minimum Gasteiger partial charge on any atom is -0.487 e. The molecule has 1 unspecified atom stereocenters. The largest absolute Gasteiger partial charge is 0.487 e. The number of hydrogen-bond acceptors (Lipinski definition) is 3. The number of benzene rings is 1. The van der Waals surface area contributed by atoms with Crippen LogP contribution in [0.3, 0.4) is 0 Å². The van der Waals surface area contributed by atoms with Gasteiger partial charge >= 0.3 is 0 Å². The van der Waals surface area contributed by atoms with Crippen molar-refractivity contribution < 1.29 is 14.6 Å². The fourth-order valence-corrected chi connectivity index (χ4v) is 1.44. The van der Waals surface area contributed by atoms with Crippen LogP contribution in [0.2, 0.25) is 0 Å². The number of carbonyl (C=O) groups excluding carboxylic acids is 1. The van der Waals surface area contributed by atoms with E-state index < -0.39 is 0 Å². The van der Waals surface area contributed by atoms with E-state index in [0.29, 0.717) is 11.3 Å². The summed E-state index contributed by atoms with van der Waals surface area (Å²) in [7, 11) is 0. The van der Waals surface area contributed by atoms with Crippen LogP contribution in [0.1, 0.15) is 16.8 Å². The molecule has 0 saturated heterocycles. The number of rotatable bonds is 1. The first-order valence-corrected chi connectivity index (χ1v) is 4.21. The summed E-state index contributed by atoms with van der Waals surface area (Å²) < 4.78 is 5.38. The predicted octanol–water partition coefficient (Wildman–Crippen LogP) is 1.01. The van der Waals surface area contributed by atoms with E-state index in [-0.39, 0.29) is 24.9 Å². The minimum atomic E-state index is -0.373. The number of fused-ring (bicyclic) bond motifs is 1. The third kappa shape index (κ3) is 1.42. The van der Waals surface area contributed by atoms with Gasteiger partial charge in [-0.3, -0.25) is 4.79 Å². The molecule has 1 aliphatic heterocycles. The molecule has 0 amide bonds. The van der Waals surface area contributed by atoms with Gasteiger partial charge < -0.3 is 9.84 Å². The maximum absolute atomic E-state index is 11.5. The van der Waals surface area contributed by atoms with E-state index in [1.807, 2.05) is 6.07 Å². The Labute approximate surface area is 76.0 Å². The molecule has 1 aromatic carbocycles. The Morgan fingerprint density at radius 3 is 3.00 bits per heavy atom. The number of para-hydroxylation sites is 1. The molecular formula is C10H10O3. The topological polar surface area (TPSA) is 46.5 Å². The van der Waals surface area contributed by atoms with Crippen molar-refractivity contribution in [3.8, 4) is 5.75 Å². The Morgan fingerprint density at radius 1 is 1.46 bits per heavy atom. The maximum Gasteiger partial charge on any atom is 0.170 e. The molecule has 1 heterocycles. The molecule has 2 rings (SSSR count). The van der Waals surface area contributed by atoms with Gasteiger partial charge in [-0.2, -0.15) is 0 Å². The van der Waals surface area contributed by atoms with Crippen LogP contribution in [-0.4, -0.2) is 23.6 Å². The Morgan fingerprint density at radius 2 is 2.23 bits per heavy atom. The van der Waals surface area contributed by atoms with E-state index in [2.05, 4.69) is 0 Å². The van der Waals surface area contributed by atoms with Gasteiger partial charge in [-0.1, -0.05) is 12.1 Å². The molecule has 13 heavy (non-hydrogen) atoms. The van der Waals surface area contributed by atoms with Crippen molar-refractivity contribution in [1.82, 2.24) is 0 Å². The highest BCUT2D eigenvalue weighted by atomic mass is 16.5. The van der Waals surface area contributed by atoms with Crippen LogP contribution in [0.4, 0.5) is 0 Å². The fourth-order valence-electron chi connectivity index (χ4n) is 1.44. The summed E-state index contributed by atoms with van der Waals surface area (Å²) in [5.74, 6) is 0.624. The van der Waals surface area contributed by atoms with Crippen molar-refractivity contribution >= 4 is 5.78 Å². The van der Waals surface area contributed by atoms with E-state index in [1.165, 1.54) is 0 Å². The number of hydrogen-bond donors (Lipinski definition) is 1. The molecule has 1 aliphatic rings. The second-order valence-electron chi connectivity index (χ2n) is 3.05. The number of Topliss-reactive ketones (excluding diaryl/α,β-unsaturated/α-hetero) is 1. The first-order valence-electron chi connectivity index (χ1n) is 4.21. The normalized spacial score (nSPS) is 20.7. The molecule has 0 aliphatic carbocycles. The highest BCUT2D eigenvalue weighted by Crippen LogP contribution is 2.26. The highest BCUT2D eigenvalue weighted by Gasteiger charge is 2.24. The minimum absolute atomic E-state index is 0.0425.